The quantitative estimate of drug-likeness (QED) is 0.263. The molecular formula is H5Na2O4P. The van der Waals surface area contributed by atoms with Gasteiger partial charge in [-0.15, -0.1) is 0 Å². The SMILES string of the molecule is O.OP(O)O.[Na].[Na]. The van der Waals surface area contributed by atoms with Crippen LogP contribution in [0.5, 0.6) is 0 Å². The van der Waals surface area contributed by atoms with Crippen molar-refractivity contribution in [2.75, 3.05) is 0 Å². The Morgan fingerprint density at radius 3 is 0.857 bits per heavy atom. The molecule has 36 valence electrons. The third-order valence-electron chi connectivity index (χ3n) is 0. The molecule has 0 saturated heterocycles. The Kier molecular flexibility index (Phi) is 51.3. The van der Waals surface area contributed by atoms with Crippen molar-refractivity contribution in [3.05, 3.63) is 0 Å². The summed E-state index contributed by atoms with van der Waals surface area (Å²) in [5.41, 5.74) is 0. The van der Waals surface area contributed by atoms with Gasteiger partial charge in [-0.3, -0.25) is 0 Å². The number of hydrogen-bond acceptors (Lipinski definition) is 3. The second-order valence-corrected chi connectivity index (χ2v) is 0.805. The fourth-order valence-electron chi connectivity index (χ4n) is 0. The average Bonchev–Trinajstić information content (AvgIpc) is 0.811. The summed E-state index contributed by atoms with van der Waals surface area (Å²) in [6.45, 7) is 0. The molecule has 5 N–H and O–H groups in total. The molecule has 0 unspecified atom stereocenters. The minimum absolute atomic E-state index is 0. The minimum Gasteiger partial charge on any atom is -0.412 e. The average molecular weight is 146 g/mol. The van der Waals surface area contributed by atoms with E-state index in [1.807, 2.05) is 0 Å². The van der Waals surface area contributed by atoms with Crippen molar-refractivity contribution < 1.29 is 20.2 Å². The van der Waals surface area contributed by atoms with Crippen molar-refractivity contribution in [2.24, 2.45) is 0 Å². The van der Waals surface area contributed by atoms with Crippen LogP contribution in [0.1, 0.15) is 0 Å². The zero-order chi connectivity index (χ0) is 3.58. The van der Waals surface area contributed by atoms with Crippen molar-refractivity contribution in [3.8, 4) is 0 Å². The second-order valence-electron chi connectivity index (χ2n) is 0.268. The zero-order valence-electron chi connectivity index (χ0n) is 4.29. The van der Waals surface area contributed by atoms with Crippen molar-refractivity contribution >= 4 is 67.7 Å². The van der Waals surface area contributed by atoms with Gasteiger partial charge >= 0.3 is 8.60 Å². The molecule has 7 heteroatoms. The molecule has 0 bridgehead atoms. The first-order chi connectivity index (χ1) is 1.73. The molecule has 0 aromatic heterocycles. The first-order valence-electron chi connectivity index (χ1n) is 0.600. The number of hydrogen-bond donors (Lipinski definition) is 3. The van der Waals surface area contributed by atoms with Crippen LogP contribution in [-0.2, 0) is 0 Å². The van der Waals surface area contributed by atoms with Gasteiger partial charge in [0.25, 0.3) is 0 Å². The fourth-order valence-corrected chi connectivity index (χ4v) is 0. The third-order valence-corrected chi connectivity index (χ3v) is 0. The molecule has 0 fully saturated rings. The van der Waals surface area contributed by atoms with Gasteiger partial charge in [0, 0.05) is 59.1 Å². The van der Waals surface area contributed by atoms with Gasteiger partial charge in [0.1, 0.15) is 0 Å². The Balaban J connectivity index is -0.0000000150. The Hall–Kier alpha value is 2.27. The summed E-state index contributed by atoms with van der Waals surface area (Å²) < 4.78 is 0. The van der Waals surface area contributed by atoms with E-state index in [4.69, 9.17) is 14.7 Å². The summed E-state index contributed by atoms with van der Waals surface area (Å²) in [5, 5.41) is 0. The molecule has 0 aromatic carbocycles. The van der Waals surface area contributed by atoms with Gasteiger partial charge < -0.3 is 20.2 Å². The van der Waals surface area contributed by atoms with Crippen LogP contribution in [0, 0.1) is 0 Å². The monoisotopic (exact) mass is 146 g/mol. The van der Waals surface area contributed by atoms with Gasteiger partial charge in [-0.25, -0.2) is 0 Å². The molecule has 0 amide bonds. The first kappa shape index (κ1) is 22.8. The van der Waals surface area contributed by atoms with Crippen LogP contribution in [-0.4, -0.2) is 79.3 Å². The maximum Gasteiger partial charge on any atom is 0.324 e. The van der Waals surface area contributed by atoms with Crippen molar-refractivity contribution in [1.82, 2.24) is 0 Å². The summed E-state index contributed by atoms with van der Waals surface area (Å²) >= 11 is 0. The maximum atomic E-state index is 7.23. The summed E-state index contributed by atoms with van der Waals surface area (Å²) in [6.07, 6.45) is 0. The van der Waals surface area contributed by atoms with E-state index in [9.17, 15) is 0 Å². The topological polar surface area (TPSA) is 92.2 Å². The predicted molar refractivity (Wildman–Crippen MR) is 28.7 cm³/mol. The van der Waals surface area contributed by atoms with Crippen molar-refractivity contribution in [2.45, 2.75) is 0 Å². The van der Waals surface area contributed by atoms with Crippen LogP contribution in [0.25, 0.3) is 0 Å². The normalized spacial score (nSPS) is 5.14. The van der Waals surface area contributed by atoms with E-state index in [-0.39, 0.29) is 64.6 Å². The standard InChI is InChI=1S/2Na.H3O3P.H2O/c;;1-4(2)3;/h;;1-3H;1H2. The molecule has 0 aliphatic carbocycles. The summed E-state index contributed by atoms with van der Waals surface area (Å²) in [7, 11) is -2.62. The van der Waals surface area contributed by atoms with E-state index in [1.54, 1.807) is 0 Å². The molecule has 0 aromatic rings. The Morgan fingerprint density at radius 2 is 0.857 bits per heavy atom. The van der Waals surface area contributed by atoms with Gasteiger partial charge in [-0.05, 0) is 0 Å². The molecule has 0 aliphatic rings. The minimum atomic E-state index is -2.62. The Labute approximate surface area is 86.8 Å². The Bertz CT molecular complexity index is 14.4. The van der Waals surface area contributed by atoms with E-state index in [1.165, 1.54) is 0 Å². The maximum absolute atomic E-state index is 7.23. The van der Waals surface area contributed by atoms with Gasteiger partial charge in [0.05, 0.1) is 0 Å². The van der Waals surface area contributed by atoms with E-state index < -0.39 is 8.60 Å². The van der Waals surface area contributed by atoms with Gasteiger partial charge in [0.15, 0.2) is 0 Å². The van der Waals surface area contributed by atoms with E-state index >= 15 is 0 Å². The molecule has 0 rings (SSSR count). The molecule has 0 aliphatic heterocycles. The molecular weight excluding hydrogens is 141 g/mol. The van der Waals surface area contributed by atoms with Crippen LogP contribution in [0.3, 0.4) is 0 Å². The largest absolute Gasteiger partial charge is 0.412 e. The van der Waals surface area contributed by atoms with Crippen LogP contribution in [0.15, 0.2) is 0 Å². The van der Waals surface area contributed by atoms with Gasteiger partial charge in [0.2, 0.25) is 0 Å². The zero-order valence-corrected chi connectivity index (χ0v) is 9.18. The van der Waals surface area contributed by atoms with E-state index in [2.05, 4.69) is 0 Å². The molecule has 7 heavy (non-hydrogen) atoms. The van der Waals surface area contributed by atoms with Crippen LogP contribution < -0.4 is 0 Å². The predicted octanol–water partition coefficient (Wildman–Crippen LogP) is -2.40. The fraction of sp³-hybridized carbons (Fsp3) is 0. The molecule has 0 saturated carbocycles. The second kappa shape index (κ2) is 15.7. The van der Waals surface area contributed by atoms with Gasteiger partial charge in [-0.2, -0.15) is 0 Å². The summed E-state index contributed by atoms with van der Waals surface area (Å²) in [6, 6.07) is 0. The smallest absolute Gasteiger partial charge is 0.324 e. The van der Waals surface area contributed by atoms with Crippen molar-refractivity contribution in [1.29, 1.82) is 0 Å². The van der Waals surface area contributed by atoms with Crippen LogP contribution in [0.4, 0.5) is 0 Å². The van der Waals surface area contributed by atoms with E-state index in [0.717, 1.165) is 0 Å². The van der Waals surface area contributed by atoms with Crippen molar-refractivity contribution in [3.63, 3.8) is 0 Å². The van der Waals surface area contributed by atoms with Gasteiger partial charge in [-0.1, -0.05) is 0 Å². The summed E-state index contributed by atoms with van der Waals surface area (Å²) in [5.74, 6) is 0. The van der Waals surface area contributed by atoms with E-state index in [0.29, 0.717) is 0 Å². The molecule has 2 radical (unpaired) electrons. The molecule has 0 atom stereocenters. The third kappa shape index (κ3) is 63.1. The number of rotatable bonds is 0. The summed E-state index contributed by atoms with van der Waals surface area (Å²) in [4.78, 5) is 21.7. The Morgan fingerprint density at radius 1 is 0.857 bits per heavy atom. The first-order valence-corrected chi connectivity index (χ1v) is 1.80. The van der Waals surface area contributed by atoms with Crippen LogP contribution >= 0.6 is 8.60 Å². The van der Waals surface area contributed by atoms with Crippen LogP contribution in [0.2, 0.25) is 0 Å². The molecule has 0 heterocycles. The molecule has 4 nitrogen and oxygen atoms in total. The molecule has 0 spiro atoms.